The van der Waals surface area contributed by atoms with Gasteiger partial charge in [-0.25, -0.2) is 0 Å². The average Bonchev–Trinajstić information content (AvgIpc) is 2.34. The fourth-order valence-corrected chi connectivity index (χ4v) is 2.23. The smallest absolute Gasteiger partial charge is 0.0698 e. The first-order valence-corrected chi connectivity index (χ1v) is 6.47. The summed E-state index contributed by atoms with van der Waals surface area (Å²) < 4.78 is 5.34. The number of hydrogen-bond donors (Lipinski definition) is 2. The second kappa shape index (κ2) is 8.01. The van der Waals surface area contributed by atoms with Gasteiger partial charge in [-0.3, -0.25) is 4.90 Å². The van der Waals surface area contributed by atoms with Gasteiger partial charge in [0.1, 0.15) is 0 Å². The molecule has 0 bridgehead atoms. The van der Waals surface area contributed by atoms with Gasteiger partial charge in [-0.2, -0.15) is 0 Å². The molecular formula is C12H26N2O2. The third-order valence-corrected chi connectivity index (χ3v) is 3.34. The van der Waals surface area contributed by atoms with Crippen molar-refractivity contribution < 1.29 is 9.84 Å². The lowest BCUT2D eigenvalue weighted by atomic mass is 10.1. The number of nitrogens with one attached hydrogen (secondary N) is 1. The second-order valence-electron chi connectivity index (χ2n) is 4.41. The van der Waals surface area contributed by atoms with E-state index >= 15 is 0 Å². The molecule has 0 saturated carbocycles. The van der Waals surface area contributed by atoms with Crippen molar-refractivity contribution in [2.75, 3.05) is 39.5 Å². The fourth-order valence-electron chi connectivity index (χ4n) is 2.23. The Hall–Kier alpha value is -0.160. The zero-order valence-electron chi connectivity index (χ0n) is 10.6. The normalized spacial score (nSPS) is 27.2. The van der Waals surface area contributed by atoms with Crippen molar-refractivity contribution in [1.82, 2.24) is 10.2 Å². The highest BCUT2D eigenvalue weighted by atomic mass is 16.5. The van der Waals surface area contributed by atoms with Crippen LogP contribution in [0.1, 0.15) is 26.7 Å². The molecule has 16 heavy (non-hydrogen) atoms. The summed E-state index contributed by atoms with van der Waals surface area (Å²) in [5, 5.41) is 12.2. The van der Waals surface area contributed by atoms with Crippen LogP contribution in [0.15, 0.2) is 0 Å². The van der Waals surface area contributed by atoms with Crippen LogP contribution in [0, 0.1) is 0 Å². The van der Waals surface area contributed by atoms with E-state index in [4.69, 9.17) is 9.84 Å². The maximum atomic E-state index is 8.63. The minimum absolute atomic E-state index is 0.121. The maximum Gasteiger partial charge on any atom is 0.0698 e. The van der Waals surface area contributed by atoms with E-state index in [1.54, 1.807) is 0 Å². The molecule has 1 aliphatic rings. The molecule has 2 unspecified atom stereocenters. The van der Waals surface area contributed by atoms with E-state index in [1.807, 2.05) is 0 Å². The van der Waals surface area contributed by atoms with E-state index < -0.39 is 0 Å². The second-order valence-corrected chi connectivity index (χ2v) is 4.41. The maximum absolute atomic E-state index is 8.63. The predicted molar refractivity (Wildman–Crippen MR) is 65.6 cm³/mol. The van der Waals surface area contributed by atoms with Gasteiger partial charge < -0.3 is 15.2 Å². The first kappa shape index (κ1) is 13.9. The molecule has 0 aliphatic carbocycles. The van der Waals surface area contributed by atoms with Gasteiger partial charge in [-0.1, -0.05) is 13.8 Å². The monoisotopic (exact) mass is 230 g/mol. The average molecular weight is 230 g/mol. The van der Waals surface area contributed by atoms with Crippen molar-refractivity contribution in [3.05, 3.63) is 0 Å². The number of nitrogens with zero attached hydrogens (tertiary/aromatic N) is 1. The lowest BCUT2D eigenvalue weighted by Crippen LogP contribution is -2.56. The summed E-state index contributed by atoms with van der Waals surface area (Å²) in [6.45, 7) is 8.97. The molecule has 1 aliphatic heterocycles. The Bertz CT molecular complexity index is 178. The lowest BCUT2D eigenvalue weighted by molar-refractivity contribution is 0.0480. The molecule has 1 rings (SSSR count). The van der Waals surface area contributed by atoms with Crippen LogP contribution >= 0.6 is 0 Å². The number of aliphatic hydroxyl groups excluding tert-OH is 1. The molecule has 0 aromatic rings. The third-order valence-electron chi connectivity index (χ3n) is 3.34. The first-order chi connectivity index (χ1) is 7.81. The SMILES string of the molecule is CCC1CN(CCOCCO)C(CC)CN1. The van der Waals surface area contributed by atoms with Gasteiger partial charge >= 0.3 is 0 Å². The van der Waals surface area contributed by atoms with E-state index in [0.717, 1.165) is 26.2 Å². The van der Waals surface area contributed by atoms with E-state index in [1.165, 1.54) is 12.8 Å². The molecule has 4 nitrogen and oxygen atoms in total. The Labute approximate surface area is 99.0 Å². The van der Waals surface area contributed by atoms with Crippen LogP contribution in [-0.2, 0) is 4.74 Å². The quantitative estimate of drug-likeness (QED) is 0.624. The number of ether oxygens (including phenoxy) is 1. The molecule has 1 heterocycles. The summed E-state index contributed by atoms with van der Waals surface area (Å²) in [5.41, 5.74) is 0. The van der Waals surface area contributed by atoms with Gasteiger partial charge in [0.25, 0.3) is 0 Å². The molecule has 1 fully saturated rings. The summed E-state index contributed by atoms with van der Waals surface area (Å²) in [6, 6.07) is 1.26. The third kappa shape index (κ3) is 4.37. The van der Waals surface area contributed by atoms with Crippen LogP contribution in [0.25, 0.3) is 0 Å². The molecule has 2 atom stereocenters. The van der Waals surface area contributed by atoms with Crippen molar-refractivity contribution in [2.45, 2.75) is 38.8 Å². The Morgan fingerprint density at radius 3 is 2.75 bits per heavy atom. The van der Waals surface area contributed by atoms with Gasteiger partial charge in [0, 0.05) is 31.7 Å². The highest BCUT2D eigenvalue weighted by Crippen LogP contribution is 2.11. The molecule has 0 radical (unpaired) electrons. The summed E-state index contributed by atoms with van der Waals surface area (Å²) in [4.78, 5) is 2.52. The predicted octanol–water partition coefficient (Wildman–Crippen LogP) is 0.458. The minimum Gasteiger partial charge on any atom is -0.394 e. The summed E-state index contributed by atoms with van der Waals surface area (Å²) in [5.74, 6) is 0. The standard InChI is InChI=1S/C12H26N2O2/c1-3-11-10-14(5-7-16-8-6-15)12(4-2)9-13-11/h11-13,15H,3-10H2,1-2H3. The van der Waals surface area contributed by atoms with Gasteiger partial charge in [0.2, 0.25) is 0 Å². The van der Waals surface area contributed by atoms with Crippen LogP contribution in [0.2, 0.25) is 0 Å². The van der Waals surface area contributed by atoms with Crippen LogP contribution in [0.4, 0.5) is 0 Å². The van der Waals surface area contributed by atoms with Crippen molar-refractivity contribution in [3.63, 3.8) is 0 Å². The van der Waals surface area contributed by atoms with Crippen LogP contribution in [0.3, 0.4) is 0 Å². The fraction of sp³-hybridized carbons (Fsp3) is 1.00. The molecule has 4 heteroatoms. The summed E-state index contributed by atoms with van der Waals surface area (Å²) >= 11 is 0. The van der Waals surface area contributed by atoms with E-state index in [2.05, 4.69) is 24.1 Å². The van der Waals surface area contributed by atoms with Gasteiger partial charge in [0.05, 0.1) is 19.8 Å². The van der Waals surface area contributed by atoms with E-state index in [-0.39, 0.29) is 6.61 Å². The molecular weight excluding hydrogens is 204 g/mol. The minimum atomic E-state index is 0.121. The van der Waals surface area contributed by atoms with Crippen molar-refractivity contribution in [3.8, 4) is 0 Å². The molecule has 0 spiro atoms. The molecule has 96 valence electrons. The van der Waals surface area contributed by atoms with Gasteiger partial charge in [0.15, 0.2) is 0 Å². The number of piperazine rings is 1. The molecule has 0 aromatic heterocycles. The van der Waals surface area contributed by atoms with Crippen molar-refractivity contribution in [2.24, 2.45) is 0 Å². The number of aliphatic hydroxyl groups is 1. The summed E-state index contributed by atoms with van der Waals surface area (Å²) in [6.07, 6.45) is 2.37. The Balaban J connectivity index is 2.27. The topological polar surface area (TPSA) is 44.7 Å². The van der Waals surface area contributed by atoms with E-state index in [9.17, 15) is 0 Å². The Kier molecular flexibility index (Phi) is 6.96. The van der Waals surface area contributed by atoms with Gasteiger partial charge in [-0.05, 0) is 12.8 Å². The van der Waals surface area contributed by atoms with Crippen molar-refractivity contribution >= 4 is 0 Å². The largest absolute Gasteiger partial charge is 0.394 e. The first-order valence-electron chi connectivity index (χ1n) is 6.47. The Morgan fingerprint density at radius 1 is 1.31 bits per heavy atom. The molecule has 2 N–H and O–H groups in total. The molecule has 1 saturated heterocycles. The molecule has 0 aromatic carbocycles. The molecule has 0 amide bonds. The number of hydrogen-bond acceptors (Lipinski definition) is 4. The zero-order valence-corrected chi connectivity index (χ0v) is 10.6. The van der Waals surface area contributed by atoms with Gasteiger partial charge in [-0.15, -0.1) is 0 Å². The summed E-state index contributed by atoms with van der Waals surface area (Å²) in [7, 11) is 0. The van der Waals surface area contributed by atoms with Crippen molar-refractivity contribution in [1.29, 1.82) is 0 Å². The Morgan fingerprint density at radius 2 is 2.12 bits per heavy atom. The zero-order chi connectivity index (χ0) is 11.8. The van der Waals surface area contributed by atoms with Crippen LogP contribution in [0.5, 0.6) is 0 Å². The lowest BCUT2D eigenvalue weighted by Gasteiger charge is -2.39. The van der Waals surface area contributed by atoms with Crippen LogP contribution < -0.4 is 5.32 Å². The number of rotatable bonds is 7. The highest BCUT2D eigenvalue weighted by Gasteiger charge is 2.25. The highest BCUT2D eigenvalue weighted by molar-refractivity contribution is 4.84. The van der Waals surface area contributed by atoms with E-state index in [0.29, 0.717) is 18.7 Å². The van der Waals surface area contributed by atoms with Crippen LogP contribution in [-0.4, -0.2) is 61.5 Å².